The first-order valence-electron chi connectivity index (χ1n) is 4.73. The summed E-state index contributed by atoms with van der Waals surface area (Å²) >= 11 is 0. The van der Waals surface area contributed by atoms with Crippen molar-refractivity contribution < 1.29 is 0 Å². The van der Waals surface area contributed by atoms with Gasteiger partial charge in [0.15, 0.2) is 0 Å². The second kappa shape index (κ2) is 6.67. The van der Waals surface area contributed by atoms with Gasteiger partial charge in [0.1, 0.15) is 0 Å². The van der Waals surface area contributed by atoms with Crippen molar-refractivity contribution in [3.05, 3.63) is 36.5 Å². The Labute approximate surface area is 82.4 Å². The molecular formula is C12H21N. The standard InChI is InChI=1S/C12H21N/c1-6-7-8-9-12(4)10-13(5)11(2)3/h6-9,11H,1,10H2,2-5H3/b8-7-,12-9+. The van der Waals surface area contributed by atoms with E-state index in [0.29, 0.717) is 6.04 Å². The molecule has 0 radical (unpaired) electrons. The molecule has 0 spiro atoms. The highest BCUT2D eigenvalue weighted by Gasteiger charge is 2.01. The largest absolute Gasteiger partial charge is 0.300 e. The fraction of sp³-hybridized carbons (Fsp3) is 0.500. The fourth-order valence-electron chi connectivity index (χ4n) is 0.927. The molecule has 0 aromatic heterocycles. The molecule has 74 valence electrons. The van der Waals surface area contributed by atoms with E-state index in [1.54, 1.807) is 6.08 Å². The molecule has 13 heavy (non-hydrogen) atoms. The highest BCUT2D eigenvalue weighted by atomic mass is 15.1. The van der Waals surface area contributed by atoms with Crippen LogP contribution >= 0.6 is 0 Å². The van der Waals surface area contributed by atoms with Crippen LogP contribution in [0.2, 0.25) is 0 Å². The molecule has 0 N–H and O–H groups in total. The van der Waals surface area contributed by atoms with Gasteiger partial charge in [0.2, 0.25) is 0 Å². The minimum atomic E-state index is 0.603. The first-order chi connectivity index (χ1) is 6.07. The van der Waals surface area contributed by atoms with Gasteiger partial charge in [-0.05, 0) is 27.8 Å². The Hall–Kier alpha value is -0.820. The summed E-state index contributed by atoms with van der Waals surface area (Å²) in [5.41, 5.74) is 1.37. The van der Waals surface area contributed by atoms with Crippen molar-refractivity contribution in [2.75, 3.05) is 13.6 Å². The number of allylic oxidation sites excluding steroid dienone is 4. The van der Waals surface area contributed by atoms with Crippen LogP contribution in [0.4, 0.5) is 0 Å². The quantitative estimate of drug-likeness (QED) is 0.586. The normalized spacial score (nSPS) is 13.2. The maximum Gasteiger partial charge on any atom is 0.0192 e. The van der Waals surface area contributed by atoms with Crippen LogP contribution in [0.5, 0.6) is 0 Å². The molecule has 0 aliphatic carbocycles. The van der Waals surface area contributed by atoms with Gasteiger partial charge in [-0.1, -0.05) is 36.5 Å². The van der Waals surface area contributed by atoms with Gasteiger partial charge in [-0.3, -0.25) is 0 Å². The maximum atomic E-state index is 3.62. The van der Waals surface area contributed by atoms with Gasteiger partial charge in [0, 0.05) is 12.6 Å². The predicted octanol–water partition coefficient (Wildman–Crippen LogP) is 3.02. The average Bonchev–Trinajstić information content (AvgIpc) is 2.04. The molecule has 0 aliphatic rings. The van der Waals surface area contributed by atoms with Gasteiger partial charge >= 0.3 is 0 Å². The smallest absolute Gasteiger partial charge is 0.0192 e. The molecule has 0 unspecified atom stereocenters. The van der Waals surface area contributed by atoms with Crippen molar-refractivity contribution in [3.63, 3.8) is 0 Å². The summed E-state index contributed by atoms with van der Waals surface area (Å²) < 4.78 is 0. The third-order valence-electron chi connectivity index (χ3n) is 2.01. The van der Waals surface area contributed by atoms with Gasteiger partial charge in [-0.2, -0.15) is 0 Å². The Morgan fingerprint density at radius 1 is 1.38 bits per heavy atom. The highest BCUT2D eigenvalue weighted by Crippen LogP contribution is 2.00. The van der Waals surface area contributed by atoms with Crippen molar-refractivity contribution in [1.82, 2.24) is 4.90 Å². The van der Waals surface area contributed by atoms with E-state index in [1.165, 1.54) is 5.57 Å². The van der Waals surface area contributed by atoms with E-state index < -0.39 is 0 Å². The van der Waals surface area contributed by atoms with E-state index in [1.807, 2.05) is 12.2 Å². The summed E-state index contributed by atoms with van der Waals surface area (Å²) in [5.74, 6) is 0. The Balaban J connectivity index is 3.98. The molecule has 0 aromatic rings. The predicted molar refractivity (Wildman–Crippen MR) is 60.9 cm³/mol. The van der Waals surface area contributed by atoms with Gasteiger partial charge in [0.05, 0.1) is 0 Å². The van der Waals surface area contributed by atoms with Gasteiger partial charge in [0.25, 0.3) is 0 Å². The molecule has 1 heteroatoms. The third-order valence-corrected chi connectivity index (χ3v) is 2.01. The van der Waals surface area contributed by atoms with Crippen LogP contribution in [0.1, 0.15) is 20.8 Å². The molecule has 0 aromatic carbocycles. The monoisotopic (exact) mass is 179 g/mol. The van der Waals surface area contributed by atoms with Crippen molar-refractivity contribution in [2.24, 2.45) is 0 Å². The lowest BCUT2D eigenvalue weighted by Gasteiger charge is -2.20. The first-order valence-corrected chi connectivity index (χ1v) is 4.73. The summed E-state index contributed by atoms with van der Waals surface area (Å²) in [6.07, 6.45) is 7.88. The number of hydrogen-bond donors (Lipinski definition) is 0. The zero-order chi connectivity index (χ0) is 10.3. The molecule has 0 atom stereocenters. The number of nitrogens with zero attached hydrogens (tertiary/aromatic N) is 1. The number of rotatable bonds is 5. The maximum absolute atomic E-state index is 3.62. The van der Waals surface area contributed by atoms with Gasteiger partial charge in [-0.25, -0.2) is 0 Å². The second-order valence-electron chi connectivity index (χ2n) is 3.64. The van der Waals surface area contributed by atoms with Crippen LogP contribution in [0.15, 0.2) is 36.5 Å². The minimum Gasteiger partial charge on any atom is -0.300 e. The van der Waals surface area contributed by atoms with Crippen LogP contribution < -0.4 is 0 Å². The molecule has 0 aliphatic heterocycles. The van der Waals surface area contributed by atoms with Crippen LogP contribution in [0.3, 0.4) is 0 Å². The fourth-order valence-corrected chi connectivity index (χ4v) is 0.927. The molecule has 0 bridgehead atoms. The summed E-state index contributed by atoms with van der Waals surface area (Å²) in [6, 6.07) is 0.603. The number of hydrogen-bond acceptors (Lipinski definition) is 1. The zero-order valence-electron chi connectivity index (χ0n) is 9.25. The van der Waals surface area contributed by atoms with Crippen LogP contribution in [-0.4, -0.2) is 24.5 Å². The average molecular weight is 179 g/mol. The first kappa shape index (κ1) is 12.2. The summed E-state index contributed by atoms with van der Waals surface area (Å²) in [6.45, 7) is 11.2. The van der Waals surface area contributed by atoms with Crippen molar-refractivity contribution in [1.29, 1.82) is 0 Å². The van der Waals surface area contributed by atoms with E-state index in [2.05, 4.69) is 45.4 Å². The van der Waals surface area contributed by atoms with E-state index >= 15 is 0 Å². The number of likely N-dealkylation sites (N-methyl/N-ethyl adjacent to an activating group) is 1. The van der Waals surface area contributed by atoms with Gasteiger partial charge < -0.3 is 4.90 Å². The lowest BCUT2D eigenvalue weighted by molar-refractivity contribution is 0.297. The third kappa shape index (κ3) is 6.35. The topological polar surface area (TPSA) is 3.24 Å². The van der Waals surface area contributed by atoms with Gasteiger partial charge in [-0.15, -0.1) is 0 Å². The molecule has 1 nitrogen and oxygen atoms in total. The summed E-state index contributed by atoms with van der Waals surface area (Å²) in [4.78, 5) is 2.31. The van der Waals surface area contributed by atoms with Crippen molar-refractivity contribution in [2.45, 2.75) is 26.8 Å². The molecule has 0 rings (SSSR count). The highest BCUT2D eigenvalue weighted by molar-refractivity contribution is 5.15. The summed E-state index contributed by atoms with van der Waals surface area (Å²) in [7, 11) is 2.14. The van der Waals surface area contributed by atoms with Crippen LogP contribution in [0, 0.1) is 0 Å². The minimum absolute atomic E-state index is 0.603. The summed E-state index contributed by atoms with van der Waals surface area (Å²) in [5, 5.41) is 0. The lowest BCUT2D eigenvalue weighted by atomic mass is 10.2. The SMILES string of the molecule is C=C/C=C\C=C(/C)CN(C)C(C)C. The Morgan fingerprint density at radius 3 is 2.46 bits per heavy atom. The molecule has 0 heterocycles. The van der Waals surface area contributed by atoms with Crippen molar-refractivity contribution in [3.8, 4) is 0 Å². The molecule has 0 saturated carbocycles. The molecular weight excluding hydrogens is 158 g/mol. The van der Waals surface area contributed by atoms with E-state index in [9.17, 15) is 0 Å². The van der Waals surface area contributed by atoms with E-state index in [4.69, 9.17) is 0 Å². The molecule has 0 fully saturated rings. The molecule has 0 amide bonds. The zero-order valence-corrected chi connectivity index (χ0v) is 9.25. The van der Waals surface area contributed by atoms with Crippen LogP contribution in [0.25, 0.3) is 0 Å². The Kier molecular flexibility index (Phi) is 6.25. The van der Waals surface area contributed by atoms with Crippen molar-refractivity contribution >= 4 is 0 Å². The Morgan fingerprint density at radius 2 is 2.00 bits per heavy atom. The van der Waals surface area contributed by atoms with Crippen LogP contribution in [-0.2, 0) is 0 Å². The van der Waals surface area contributed by atoms with E-state index in [-0.39, 0.29) is 0 Å². The molecule has 0 saturated heterocycles. The second-order valence-corrected chi connectivity index (χ2v) is 3.64. The Bertz CT molecular complexity index is 199. The van der Waals surface area contributed by atoms with E-state index in [0.717, 1.165) is 6.54 Å². The lowest BCUT2D eigenvalue weighted by Crippen LogP contribution is -2.27.